The summed E-state index contributed by atoms with van der Waals surface area (Å²) in [5.74, 6) is -0.855. The Balaban J connectivity index is 1.42. The van der Waals surface area contributed by atoms with Crippen molar-refractivity contribution < 1.29 is 14.0 Å². The van der Waals surface area contributed by atoms with Gasteiger partial charge in [-0.1, -0.05) is 6.07 Å². The molecule has 1 unspecified atom stereocenters. The Morgan fingerprint density at radius 3 is 2.87 bits per heavy atom. The van der Waals surface area contributed by atoms with Crippen LogP contribution in [0, 0.1) is 18.7 Å². The van der Waals surface area contributed by atoms with Gasteiger partial charge in [-0.3, -0.25) is 19.3 Å². The van der Waals surface area contributed by atoms with Crippen molar-refractivity contribution in [1.82, 2.24) is 20.1 Å². The minimum Gasteiger partial charge on any atom is -0.352 e. The fourth-order valence-electron chi connectivity index (χ4n) is 3.61. The van der Waals surface area contributed by atoms with Crippen LogP contribution in [0.3, 0.4) is 0 Å². The number of amides is 2. The number of rotatable bonds is 5. The van der Waals surface area contributed by atoms with E-state index in [1.807, 2.05) is 0 Å². The van der Waals surface area contributed by atoms with Crippen LogP contribution in [0.4, 0.5) is 10.1 Å². The number of carbonyl (C=O) groups excluding carboxylic acids is 2. The van der Waals surface area contributed by atoms with E-state index >= 15 is 0 Å². The van der Waals surface area contributed by atoms with Crippen molar-refractivity contribution in [2.24, 2.45) is 5.92 Å². The molecule has 2 N–H and O–H groups in total. The third-order valence-electron chi connectivity index (χ3n) is 5.27. The van der Waals surface area contributed by atoms with E-state index in [-0.39, 0.29) is 23.4 Å². The number of aryl methyl sites for hydroxylation is 2. The minimum absolute atomic E-state index is 0.140. The number of pyridine rings is 1. The van der Waals surface area contributed by atoms with Crippen molar-refractivity contribution in [1.29, 1.82) is 0 Å². The number of aromatic nitrogens is 3. The van der Waals surface area contributed by atoms with E-state index in [1.54, 1.807) is 42.1 Å². The molecule has 1 atom stereocenters. The molecule has 2 aromatic heterocycles. The monoisotopic (exact) mass is 407 g/mol. The van der Waals surface area contributed by atoms with Gasteiger partial charge in [-0.05, 0) is 55.5 Å². The molecular weight excluding hydrogens is 385 g/mol. The predicted octanol–water partition coefficient (Wildman–Crippen LogP) is 2.97. The normalized spacial score (nSPS) is 15.3. The van der Waals surface area contributed by atoms with Gasteiger partial charge in [0.15, 0.2) is 0 Å². The lowest BCUT2D eigenvalue weighted by Gasteiger charge is -2.24. The molecule has 8 heteroatoms. The zero-order chi connectivity index (χ0) is 21.1. The first-order valence-electron chi connectivity index (χ1n) is 9.81. The highest BCUT2D eigenvalue weighted by molar-refractivity contribution is 6.05. The summed E-state index contributed by atoms with van der Waals surface area (Å²) in [5.41, 5.74) is 2.66. The molecule has 0 spiro atoms. The van der Waals surface area contributed by atoms with Crippen LogP contribution in [-0.4, -0.2) is 33.1 Å². The molecule has 154 valence electrons. The summed E-state index contributed by atoms with van der Waals surface area (Å²) in [6.07, 6.45) is 6.11. The van der Waals surface area contributed by atoms with Crippen molar-refractivity contribution in [2.75, 3.05) is 11.9 Å². The topological polar surface area (TPSA) is 88.9 Å². The lowest BCUT2D eigenvalue weighted by Crippen LogP contribution is -2.33. The number of halogens is 1. The molecule has 0 radical (unpaired) electrons. The molecule has 1 aliphatic heterocycles. The van der Waals surface area contributed by atoms with Crippen molar-refractivity contribution in [3.8, 4) is 0 Å². The molecule has 3 aromatic rings. The van der Waals surface area contributed by atoms with Crippen LogP contribution in [0.15, 0.2) is 48.9 Å². The van der Waals surface area contributed by atoms with Gasteiger partial charge in [-0.15, -0.1) is 0 Å². The Labute approximate surface area is 173 Å². The summed E-state index contributed by atoms with van der Waals surface area (Å²) in [5, 5.41) is 9.87. The molecule has 3 heterocycles. The molecule has 2 amide bonds. The van der Waals surface area contributed by atoms with E-state index < -0.39 is 5.82 Å². The number of anilines is 1. The Morgan fingerprint density at radius 2 is 2.10 bits per heavy atom. The van der Waals surface area contributed by atoms with E-state index in [1.165, 1.54) is 18.5 Å². The number of hydrogen-bond acceptors (Lipinski definition) is 4. The largest absolute Gasteiger partial charge is 0.352 e. The number of hydrogen-bond donors (Lipinski definition) is 2. The first-order valence-corrected chi connectivity index (χ1v) is 9.81. The highest BCUT2D eigenvalue weighted by Gasteiger charge is 2.26. The summed E-state index contributed by atoms with van der Waals surface area (Å²) in [4.78, 5) is 28.9. The highest BCUT2D eigenvalue weighted by atomic mass is 19.1. The second-order valence-corrected chi connectivity index (χ2v) is 7.48. The van der Waals surface area contributed by atoms with Crippen LogP contribution in [0.2, 0.25) is 0 Å². The van der Waals surface area contributed by atoms with Gasteiger partial charge in [0.1, 0.15) is 5.82 Å². The Hall–Kier alpha value is -3.55. The summed E-state index contributed by atoms with van der Waals surface area (Å²) in [7, 11) is 0. The van der Waals surface area contributed by atoms with Gasteiger partial charge in [0.25, 0.3) is 11.8 Å². The quantitative estimate of drug-likeness (QED) is 0.681. The average molecular weight is 407 g/mol. The van der Waals surface area contributed by atoms with Gasteiger partial charge in [0.2, 0.25) is 0 Å². The van der Waals surface area contributed by atoms with Crippen LogP contribution < -0.4 is 10.6 Å². The van der Waals surface area contributed by atoms with Gasteiger partial charge in [0, 0.05) is 25.5 Å². The van der Waals surface area contributed by atoms with Crippen LogP contribution >= 0.6 is 0 Å². The zero-order valence-electron chi connectivity index (χ0n) is 16.6. The van der Waals surface area contributed by atoms with Gasteiger partial charge < -0.3 is 10.6 Å². The van der Waals surface area contributed by atoms with Crippen molar-refractivity contribution >= 4 is 17.5 Å². The van der Waals surface area contributed by atoms with Crippen LogP contribution in [0.1, 0.15) is 38.4 Å². The molecule has 0 bridgehead atoms. The SMILES string of the molecule is Cc1ccc(NC(=O)c2cnn3c2CC(CNC(=O)c2cccnc2)CC3)c(F)c1. The van der Waals surface area contributed by atoms with Crippen molar-refractivity contribution in [2.45, 2.75) is 26.3 Å². The second kappa shape index (κ2) is 8.44. The Morgan fingerprint density at radius 1 is 1.23 bits per heavy atom. The fourth-order valence-corrected chi connectivity index (χ4v) is 3.61. The van der Waals surface area contributed by atoms with Gasteiger partial charge >= 0.3 is 0 Å². The van der Waals surface area contributed by atoms with E-state index in [4.69, 9.17) is 0 Å². The first-order chi connectivity index (χ1) is 14.5. The lowest BCUT2D eigenvalue weighted by molar-refractivity contribution is 0.0942. The highest BCUT2D eigenvalue weighted by Crippen LogP contribution is 2.24. The average Bonchev–Trinajstić information content (AvgIpc) is 3.18. The molecule has 0 saturated carbocycles. The molecular formula is C22H22FN5O2. The summed E-state index contributed by atoms with van der Waals surface area (Å²) < 4.78 is 15.9. The molecule has 4 rings (SSSR count). The van der Waals surface area contributed by atoms with Crippen LogP contribution in [0.25, 0.3) is 0 Å². The third-order valence-corrected chi connectivity index (χ3v) is 5.27. The summed E-state index contributed by atoms with van der Waals surface area (Å²) >= 11 is 0. The predicted molar refractivity (Wildman–Crippen MR) is 110 cm³/mol. The number of benzene rings is 1. The van der Waals surface area contributed by atoms with E-state index in [2.05, 4.69) is 20.7 Å². The lowest BCUT2D eigenvalue weighted by atomic mass is 9.94. The smallest absolute Gasteiger partial charge is 0.259 e. The Bertz CT molecular complexity index is 1080. The standard InChI is InChI=1S/C22H22FN5O2/c1-14-4-5-19(18(23)9-14)27-22(30)17-13-26-28-8-6-15(10-20(17)28)11-25-21(29)16-3-2-7-24-12-16/h2-5,7,9,12-13,15H,6,8,10-11H2,1H3,(H,25,29)(H,27,30). The van der Waals surface area contributed by atoms with Crippen molar-refractivity contribution in [3.05, 3.63) is 77.1 Å². The maximum Gasteiger partial charge on any atom is 0.259 e. The van der Waals surface area contributed by atoms with Crippen molar-refractivity contribution in [3.63, 3.8) is 0 Å². The molecule has 0 saturated heterocycles. The first kappa shape index (κ1) is 19.8. The number of nitrogens with zero attached hydrogens (tertiary/aromatic N) is 3. The Kier molecular flexibility index (Phi) is 5.56. The van der Waals surface area contributed by atoms with E-state index in [0.29, 0.717) is 30.6 Å². The summed E-state index contributed by atoms with van der Waals surface area (Å²) in [6, 6.07) is 8.10. The van der Waals surface area contributed by atoms with Crippen LogP contribution in [0.5, 0.6) is 0 Å². The third kappa shape index (κ3) is 4.22. The molecule has 1 aromatic carbocycles. The molecule has 30 heavy (non-hydrogen) atoms. The zero-order valence-corrected chi connectivity index (χ0v) is 16.6. The summed E-state index contributed by atoms with van der Waals surface area (Å²) in [6.45, 7) is 2.94. The molecule has 7 nitrogen and oxygen atoms in total. The number of fused-ring (bicyclic) bond motifs is 1. The fraction of sp³-hybridized carbons (Fsp3) is 0.273. The molecule has 0 aliphatic carbocycles. The van der Waals surface area contributed by atoms with Crippen LogP contribution in [-0.2, 0) is 13.0 Å². The van der Waals surface area contributed by atoms with E-state index in [0.717, 1.165) is 17.7 Å². The van der Waals surface area contributed by atoms with Gasteiger partial charge in [-0.2, -0.15) is 5.10 Å². The minimum atomic E-state index is -0.472. The number of nitrogens with one attached hydrogen (secondary N) is 2. The second-order valence-electron chi connectivity index (χ2n) is 7.48. The molecule has 1 aliphatic rings. The van der Waals surface area contributed by atoms with Gasteiger partial charge in [0.05, 0.1) is 28.7 Å². The van der Waals surface area contributed by atoms with E-state index in [9.17, 15) is 14.0 Å². The van der Waals surface area contributed by atoms with Gasteiger partial charge in [-0.25, -0.2) is 4.39 Å². The maximum atomic E-state index is 14.1. The maximum absolute atomic E-state index is 14.1. The number of carbonyl (C=O) groups is 2. The molecule has 0 fully saturated rings.